The Kier molecular flexibility index (Phi) is 4.38. The van der Waals surface area contributed by atoms with Crippen molar-refractivity contribution in [2.24, 2.45) is 0 Å². The van der Waals surface area contributed by atoms with Crippen molar-refractivity contribution >= 4 is 26.7 Å². The van der Waals surface area contributed by atoms with Crippen LogP contribution in [0, 0.1) is 6.07 Å². The zero-order valence-corrected chi connectivity index (χ0v) is 15.9. The van der Waals surface area contributed by atoms with Crippen LogP contribution in [0.2, 0.25) is 0 Å². The molecule has 0 bridgehead atoms. The van der Waals surface area contributed by atoms with E-state index in [1.54, 1.807) is 11.3 Å². The van der Waals surface area contributed by atoms with Crippen molar-refractivity contribution in [3.8, 4) is 0 Å². The lowest BCUT2D eigenvalue weighted by Gasteiger charge is -2.39. The van der Waals surface area contributed by atoms with Gasteiger partial charge in [0.2, 0.25) is 0 Å². The second-order valence-corrected chi connectivity index (χ2v) is 8.16. The second kappa shape index (κ2) is 7.16. The highest BCUT2D eigenvalue weighted by Crippen LogP contribution is 2.42. The number of fused-ring (bicyclic) bond motifs is 1. The molecular formula is C24H21N2S. The number of para-hydroxylation sites is 1. The van der Waals surface area contributed by atoms with Gasteiger partial charge in [-0.2, -0.15) is 0 Å². The van der Waals surface area contributed by atoms with E-state index in [2.05, 4.69) is 77.7 Å². The van der Waals surface area contributed by atoms with Crippen molar-refractivity contribution in [3.63, 3.8) is 0 Å². The summed E-state index contributed by atoms with van der Waals surface area (Å²) >= 11 is 1.78. The number of thiazole rings is 1. The number of hydrogen-bond donors (Lipinski definition) is 0. The molecule has 1 radical (unpaired) electrons. The van der Waals surface area contributed by atoms with Crippen molar-refractivity contribution in [1.82, 2.24) is 4.98 Å². The van der Waals surface area contributed by atoms with Gasteiger partial charge in [-0.15, -0.1) is 0 Å². The summed E-state index contributed by atoms with van der Waals surface area (Å²) in [5, 5.41) is 1.12. The smallest absolute Gasteiger partial charge is 0.186 e. The Morgan fingerprint density at radius 3 is 2.26 bits per heavy atom. The fraction of sp³-hybridized carbons (Fsp3) is 0.208. The van der Waals surface area contributed by atoms with Gasteiger partial charge in [0.15, 0.2) is 5.13 Å². The van der Waals surface area contributed by atoms with Crippen LogP contribution in [-0.2, 0) is 0 Å². The number of nitrogens with zero attached hydrogens (tertiary/aromatic N) is 2. The molecule has 4 aromatic rings. The molecule has 1 fully saturated rings. The maximum atomic E-state index is 4.85. The molecule has 2 nitrogen and oxygen atoms in total. The van der Waals surface area contributed by atoms with E-state index in [1.165, 1.54) is 15.8 Å². The van der Waals surface area contributed by atoms with E-state index in [4.69, 9.17) is 4.98 Å². The van der Waals surface area contributed by atoms with Crippen LogP contribution in [0.5, 0.6) is 0 Å². The predicted molar refractivity (Wildman–Crippen MR) is 114 cm³/mol. The Balaban J connectivity index is 1.49. The van der Waals surface area contributed by atoms with Gasteiger partial charge in [-0.3, -0.25) is 0 Å². The molecule has 5 rings (SSSR count). The molecule has 1 aliphatic heterocycles. The summed E-state index contributed by atoms with van der Waals surface area (Å²) in [5.74, 6) is 1.02. The predicted octanol–water partition coefficient (Wildman–Crippen LogP) is 5.87. The molecule has 27 heavy (non-hydrogen) atoms. The molecule has 0 aliphatic carbocycles. The maximum Gasteiger partial charge on any atom is 0.186 e. The molecule has 1 aromatic heterocycles. The molecule has 1 aliphatic rings. The van der Waals surface area contributed by atoms with Gasteiger partial charge in [-0.25, -0.2) is 4.98 Å². The maximum absolute atomic E-state index is 4.85. The van der Waals surface area contributed by atoms with Gasteiger partial charge in [0.05, 0.1) is 10.2 Å². The summed E-state index contributed by atoms with van der Waals surface area (Å²) in [6.45, 7) is 2.05. The normalized spacial score (nSPS) is 20.1. The molecule has 0 N–H and O–H groups in total. The molecule has 2 unspecified atom stereocenters. The molecule has 133 valence electrons. The Morgan fingerprint density at radius 1 is 0.852 bits per heavy atom. The number of benzene rings is 3. The van der Waals surface area contributed by atoms with Gasteiger partial charge >= 0.3 is 0 Å². The van der Waals surface area contributed by atoms with E-state index < -0.39 is 0 Å². The average Bonchev–Trinajstić information content (AvgIpc) is 3.19. The van der Waals surface area contributed by atoms with Crippen LogP contribution in [0.15, 0.2) is 78.9 Å². The highest BCUT2D eigenvalue weighted by molar-refractivity contribution is 7.22. The molecule has 0 saturated carbocycles. The van der Waals surface area contributed by atoms with Crippen molar-refractivity contribution in [1.29, 1.82) is 0 Å². The Hall–Kier alpha value is -2.65. The molecular weight excluding hydrogens is 348 g/mol. The Labute approximate surface area is 164 Å². The van der Waals surface area contributed by atoms with E-state index in [1.807, 2.05) is 12.1 Å². The van der Waals surface area contributed by atoms with Crippen LogP contribution < -0.4 is 4.90 Å². The van der Waals surface area contributed by atoms with Crippen LogP contribution in [-0.4, -0.2) is 18.1 Å². The third kappa shape index (κ3) is 3.24. The van der Waals surface area contributed by atoms with Crippen LogP contribution in [0.3, 0.4) is 0 Å². The first kappa shape index (κ1) is 16.5. The number of anilines is 1. The van der Waals surface area contributed by atoms with Crippen LogP contribution >= 0.6 is 11.3 Å². The van der Waals surface area contributed by atoms with Crippen LogP contribution in [0.25, 0.3) is 10.2 Å². The van der Waals surface area contributed by atoms with Crippen molar-refractivity contribution in [3.05, 3.63) is 96.1 Å². The number of piperidine rings is 1. The molecule has 3 heteroatoms. The van der Waals surface area contributed by atoms with Crippen molar-refractivity contribution in [2.75, 3.05) is 18.0 Å². The highest BCUT2D eigenvalue weighted by atomic mass is 32.1. The lowest BCUT2D eigenvalue weighted by molar-refractivity contribution is 0.443. The summed E-state index contributed by atoms with van der Waals surface area (Å²) in [7, 11) is 0. The summed E-state index contributed by atoms with van der Waals surface area (Å²) in [6.07, 6.45) is 1.14. The van der Waals surface area contributed by atoms with E-state index in [0.29, 0.717) is 11.8 Å². The number of hydrogen-bond acceptors (Lipinski definition) is 3. The average molecular weight is 370 g/mol. The lowest BCUT2D eigenvalue weighted by atomic mass is 9.77. The largest absolute Gasteiger partial charge is 0.347 e. The minimum absolute atomic E-state index is 0.471. The summed E-state index contributed by atoms with van der Waals surface area (Å²) < 4.78 is 1.22. The molecule has 0 amide bonds. The van der Waals surface area contributed by atoms with Gasteiger partial charge in [0.1, 0.15) is 0 Å². The molecule has 2 atom stereocenters. The standard InChI is InChI=1S/C24H21N2S/c1-3-9-18(10-4-1)20-15-16-26(17-21(20)19-11-5-2-6-12-19)24-25-22-13-7-8-14-23(22)27-24/h1-12,14,20-21H,15-17H2. The van der Waals surface area contributed by atoms with Gasteiger partial charge in [-0.1, -0.05) is 84.1 Å². The van der Waals surface area contributed by atoms with E-state index in [0.717, 1.165) is 30.2 Å². The molecule has 1 saturated heterocycles. The van der Waals surface area contributed by atoms with E-state index in [-0.39, 0.29) is 0 Å². The fourth-order valence-corrected chi connectivity index (χ4v) is 5.17. The SMILES string of the molecule is [c]1cccc2sc(N3CCC(c4ccccc4)C(c4ccccc4)C3)nc12. The zero-order valence-electron chi connectivity index (χ0n) is 15.1. The molecule has 0 spiro atoms. The first-order valence-electron chi connectivity index (χ1n) is 9.50. The topological polar surface area (TPSA) is 16.1 Å². The zero-order chi connectivity index (χ0) is 18.1. The van der Waals surface area contributed by atoms with Crippen LogP contribution in [0.1, 0.15) is 29.4 Å². The van der Waals surface area contributed by atoms with Gasteiger partial charge in [-0.05, 0) is 29.5 Å². The fourth-order valence-electron chi connectivity index (χ4n) is 4.20. The molecule has 3 aromatic carbocycles. The van der Waals surface area contributed by atoms with Crippen molar-refractivity contribution < 1.29 is 0 Å². The third-order valence-electron chi connectivity index (χ3n) is 5.54. The van der Waals surface area contributed by atoms with Crippen molar-refractivity contribution in [2.45, 2.75) is 18.3 Å². The minimum Gasteiger partial charge on any atom is -0.347 e. The second-order valence-electron chi connectivity index (χ2n) is 7.15. The number of rotatable bonds is 3. The third-order valence-corrected chi connectivity index (χ3v) is 6.63. The Morgan fingerprint density at radius 2 is 1.56 bits per heavy atom. The monoisotopic (exact) mass is 369 g/mol. The quantitative estimate of drug-likeness (QED) is 0.449. The highest BCUT2D eigenvalue weighted by Gasteiger charge is 2.32. The van der Waals surface area contributed by atoms with E-state index in [9.17, 15) is 0 Å². The summed E-state index contributed by atoms with van der Waals surface area (Å²) in [4.78, 5) is 7.32. The Bertz CT molecular complexity index is 993. The number of aromatic nitrogens is 1. The molecule has 2 heterocycles. The van der Waals surface area contributed by atoms with E-state index >= 15 is 0 Å². The minimum atomic E-state index is 0.471. The first-order valence-corrected chi connectivity index (χ1v) is 10.3. The first-order chi connectivity index (χ1) is 13.4. The summed E-state index contributed by atoms with van der Waals surface area (Å²) in [6, 6.07) is 31.3. The van der Waals surface area contributed by atoms with Gasteiger partial charge in [0, 0.05) is 25.1 Å². The van der Waals surface area contributed by atoms with Gasteiger partial charge < -0.3 is 4.90 Å². The lowest BCUT2D eigenvalue weighted by Crippen LogP contribution is -2.38. The van der Waals surface area contributed by atoms with Gasteiger partial charge in [0.25, 0.3) is 0 Å². The van der Waals surface area contributed by atoms with Crippen LogP contribution in [0.4, 0.5) is 5.13 Å². The summed E-state index contributed by atoms with van der Waals surface area (Å²) in [5.41, 5.74) is 3.85.